The Hall–Kier alpha value is -2.95. The molecule has 2 aromatic carbocycles. The first-order valence-electron chi connectivity index (χ1n) is 8.17. The number of benzene rings is 2. The Bertz CT molecular complexity index is 948. The average Bonchev–Trinajstić information content (AvgIpc) is 3.06. The maximum atomic E-state index is 14.2. The van der Waals surface area contributed by atoms with Gasteiger partial charge >= 0.3 is 0 Å². The lowest BCUT2D eigenvalue weighted by Crippen LogP contribution is -2.21. The van der Waals surface area contributed by atoms with Crippen LogP contribution in [0.2, 0.25) is 0 Å². The number of ether oxygens (including phenoxy) is 1. The SMILES string of the molecule is COc1ccccc1[C@H]1CC(=O)c2cnn(-c3ccccc3F)c2C1. The summed E-state index contributed by atoms with van der Waals surface area (Å²) in [5.74, 6) is 0.416. The Kier molecular flexibility index (Phi) is 3.84. The van der Waals surface area contributed by atoms with Crippen LogP contribution in [0.3, 0.4) is 0 Å². The molecule has 0 aliphatic heterocycles. The Morgan fingerprint density at radius 2 is 1.88 bits per heavy atom. The highest BCUT2D eigenvalue weighted by atomic mass is 19.1. The van der Waals surface area contributed by atoms with E-state index >= 15 is 0 Å². The highest BCUT2D eigenvalue weighted by Crippen LogP contribution is 2.37. The van der Waals surface area contributed by atoms with Crippen molar-refractivity contribution in [1.82, 2.24) is 9.78 Å². The summed E-state index contributed by atoms with van der Waals surface area (Å²) in [7, 11) is 1.62. The summed E-state index contributed by atoms with van der Waals surface area (Å²) in [6.45, 7) is 0. The summed E-state index contributed by atoms with van der Waals surface area (Å²) in [5, 5.41) is 4.27. The maximum absolute atomic E-state index is 14.2. The van der Waals surface area contributed by atoms with Crippen molar-refractivity contribution in [3.05, 3.63) is 77.4 Å². The van der Waals surface area contributed by atoms with Gasteiger partial charge < -0.3 is 4.74 Å². The molecule has 0 fully saturated rings. The summed E-state index contributed by atoms with van der Waals surface area (Å²) in [6.07, 6.45) is 2.55. The molecule has 0 amide bonds. The predicted molar refractivity (Wildman–Crippen MR) is 91.9 cm³/mol. The number of carbonyl (C=O) groups excluding carboxylic acids is 1. The third-order valence-electron chi connectivity index (χ3n) is 4.70. The molecule has 0 radical (unpaired) electrons. The molecule has 0 bridgehead atoms. The van der Waals surface area contributed by atoms with Crippen LogP contribution in [0.4, 0.5) is 4.39 Å². The number of halogens is 1. The molecule has 1 heterocycles. The highest BCUT2D eigenvalue weighted by molar-refractivity contribution is 5.98. The van der Waals surface area contributed by atoms with Crippen LogP contribution in [0.5, 0.6) is 5.75 Å². The lowest BCUT2D eigenvalue weighted by atomic mass is 9.82. The van der Waals surface area contributed by atoms with Crippen LogP contribution in [0.25, 0.3) is 5.69 Å². The monoisotopic (exact) mass is 336 g/mol. The number of aromatic nitrogens is 2. The Labute approximate surface area is 144 Å². The molecule has 4 rings (SSSR count). The standard InChI is InChI=1S/C20H17FN2O2/c1-25-20-9-5-2-6-14(20)13-10-18-15(19(24)11-13)12-22-23(18)17-8-4-3-7-16(17)21/h2-9,12-13H,10-11H2,1H3/t13-/m1/s1. The van der Waals surface area contributed by atoms with E-state index in [9.17, 15) is 9.18 Å². The van der Waals surface area contributed by atoms with Crippen LogP contribution < -0.4 is 4.74 Å². The molecule has 4 nitrogen and oxygen atoms in total. The molecule has 126 valence electrons. The molecule has 3 aromatic rings. The van der Waals surface area contributed by atoms with Crippen molar-refractivity contribution < 1.29 is 13.9 Å². The van der Waals surface area contributed by atoms with Crippen molar-refractivity contribution in [2.75, 3.05) is 7.11 Å². The van der Waals surface area contributed by atoms with Crippen molar-refractivity contribution in [1.29, 1.82) is 0 Å². The summed E-state index contributed by atoms with van der Waals surface area (Å²) < 4.78 is 21.2. The van der Waals surface area contributed by atoms with Crippen LogP contribution in [-0.4, -0.2) is 22.7 Å². The summed E-state index contributed by atoms with van der Waals surface area (Å²) >= 11 is 0. The number of hydrogen-bond donors (Lipinski definition) is 0. The number of rotatable bonds is 3. The van der Waals surface area contributed by atoms with Crippen molar-refractivity contribution in [3.8, 4) is 11.4 Å². The molecule has 0 N–H and O–H groups in total. The Balaban J connectivity index is 1.79. The van der Waals surface area contributed by atoms with Gasteiger partial charge in [-0.25, -0.2) is 9.07 Å². The molecule has 5 heteroatoms. The van der Waals surface area contributed by atoms with Crippen molar-refractivity contribution in [2.45, 2.75) is 18.8 Å². The van der Waals surface area contributed by atoms with E-state index in [1.165, 1.54) is 6.07 Å². The number of carbonyl (C=O) groups is 1. The zero-order valence-electron chi connectivity index (χ0n) is 13.8. The lowest BCUT2D eigenvalue weighted by Gasteiger charge is -2.24. The van der Waals surface area contributed by atoms with Crippen molar-refractivity contribution in [2.24, 2.45) is 0 Å². The van der Waals surface area contributed by atoms with Crippen molar-refractivity contribution >= 4 is 5.78 Å². The zero-order chi connectivity index (χ0) is 17.4. The molecule has 25 heavy (non-hydrogen) atoms. The topological polar surface area (TPSA) is 44.1 Å². The molecular weight excluding hydrogens is 319 g/mol. The lowest BCUT2D eigenvalue weighted by molar-refractivity contribution is 0.0963. The first-order chi connectivity index (χ1) is 12.2. The minimum Gasteiger partial charge on any atom is -0.496 e. The van der Waals surface area contributed by atoms with Crippen LogP contribution in [-0.2, 0) is 6.42 Å². The molecule has 1 aromatic heterocycles. The van der Waals surface area contributed by atoms with E-state index < -0.39 is 0 Å². The zero-order valence-corrected chi connectivity index (χ0v) is 13.8. The summed E-state index contributed by atoms with van der Waals surface area (Å²) in [4.78, 5) is 12.6. The smallest absolute Gasteiger partial charge is 0.166 e. The van der Waals surface area contributed by atoms with Crippen LogP contribution in [0, 0.1) is 5.82 Å². The summed E-state index contributed by atoms with van der Waals surface area (Å²) in [5.41, 5.74) is 2.68. The molecule has 1 aliphatic rings. The summed E-state index contributed by atoms with van der Waals surface area (Å²) in [6, 6.07) is 14.2. The average molecular weight is 336 g/mol. The van der Waals surface area contributed by atoms with Gasteiger partial charge in [-0.1, -0.05) is 30.3 Å². The van der Waals surface area contributed by atoms with Gasteiger partial charge in [0, 0.05) is 12.3 Å². The molecule has 1 aliphatic carbocycles. The van der Waals surface area contributed by atoms with Gasteiger partial charge in [-0.3, -0.25) is 4.79 Å². The van der Waals surface area contributed by atoms with Gasteiger partial charge in [0.2, 0.25) is 0 Å². The quantitative estimate of drug-likeness (QED) is 0.728. The number of hydrogen-bond acceptors (Lipinski definition) is 3. The van der Waals surface area contributed by atoms with Gasteiger partial charge in [-0.15, -0.1) is 0 Å². The number of methoxy groups -OCH3 is 1. The van der Waals surface area contributed by atoms with E-state index in [4.69, 9.17) is 4.74 Å². The fraction of sp³-hybridized carbons (Fsp3) is 0.200. The number of fused-ring (bicyclic) bond motifs is 1. The van der Waals surface area contributed by atoms with E-state index in [0.717, 1.165) is 17.0 Å². The Morgan fingerprint density at radius 3 is 2.68 bits per heavy atom. The fourth-order valence-electron chi connectivity index (χ4n) is 3.50. The third kappa shape index (κ3) is 2.61. The molecule has 0 saturated heterocycles. The van der Waals surface area contributed by atoms with Gasteiger partial charge in [0.25, 0.3) is 0 Å². The van der Waals surface area contributed by atoms with Gasteiger partial charge in [-0.2, -0.15) is 5.10 Å². The number of para-hydroxylation sites is 2. The van der Waals surface area contributed by atoms with Crippen LogP contribution >= 0.6 is 0 Å². The van der Waals surface area contributed by atoms with E-state index in [-0.39, 0.29) is 17.5 Å². The Morgan fingerprint density at radius 1 is 1.12 bits per heavy atom. The molecule has 0 unspecified atom stereocenters. The minimum atomic E-state index is -0.361. The van der Waals surface area contributed by atoms with Crippen LogP contribution in [0.15, 0.2) is 54.7 Å². The van der Waals surface area contributed by atoms with Gasteiger partial charge in [-0.05, 0) is 30.2 Å². The number of Topliss-reactive ketones (excluding diaryl/α,β-unsaturated/α-hetero) is 1. The normalized spacial score (nSPS) is 16.6. The molecular formula is C20H17FN2O2. The van der Waals surface area contributed by atoms with E-state index in [0.29, 0.717) is 24.1 Å². The van der Waals surface area contributed by atoms with Gasteiger partial charge in [0.1, 0.15) is 17.3 Å². The van der Waals surface area contributed by atoms with E-state index in [1.807, 2.05) is 24.3 Å². The number of nitrogens with zero attached hydrogens (tertiary/aromatic N) is 2. The highest BCUT2D eigenvalue weighted by Gasteiger charge is 2.31. The second-order valence-corrected chi connectivity index (χ2v) is 6.14. The van der Waals surface area contributed by atoms with E-state index in [2.05, 4.69) is 5.10 Å². The van der Waals surface area contributed by atoms with Crippen molar-refractivity contribution in [3.63, 3.8) is 0 Å². The van der Waals surface area contributed by atoms with Gasteiger partial charge in [0.05, 0.1) is 24.6 Å². The molecule has 1 atom stereocenters. The second kappa shape index (κ2) is 6.16. The maximum Gasteiger partial charge on any atom is 0.166 e. The minimum absolute atomic E-state index is 0.0154. The largest absolute Gasteiger partial charge is 0.496 e. The molecule has 0 spiro atoms. The van der Waals surface area contributed by atoms with Crippen LogP contribution in [0.1, 0.15) is 34.0 Å². The first-order valence-corrected chi connectivity index (χ1v) is 8.17. The van der Waals surface area contributed by atoms with E-state index in [1.54, 1.807) is 36.2 Å². The van der Waals surface area contributed by atoms with Gasteiger partial charge in [0.15, 0.2) is 5.78 Å². The fourth-order valence-corrected chi connectivity index (χ4v) is 3.50. The molecule has 0 saturated carbocycles. The number of ketones is 1. The second-order valence-electron chi connectivity index (χ2n) is 6.14. The third-order valence-corrected chi connectivity index (χ3v) is 4.70. The first kappa shape index (κ1) is 15.6. The predicted octanol–water partition coefficient (Wildman–Crippen LogP) is 3.93.